The predicted molar refractivity (Wildman–Crippen MR) is 33.5 cm³/mol. The third kappa shape index (κ3) is 3.97. The van der Waals surface area contributed by atoms with Crippen LogP contribution in [-0.4, -0.2) is 31.0 Å². The van der Waals surface area contributed by atoms with Crippen molar-refractivity contribution in [3.05, 3.63) is 0 Å². The van der Waals surface area contributed by atoms with E-state index < -0.39 is 5.97 Å². The molecule has 0 saturated carbocycles. The summed E-state index contributed by atoms with van der Waals surface area (Å²) in [7, 11) is 3.68. The predicted octanol–water partition coefficient (Wildman–Crippen LogP) is 0.284. The summed E-state index contributed by atoms with van der Waals surface area (Å²) >= 11 is 0. The Kier molecular flexibility index (Phi) is 3.24. The molecule has 0 N–H and O–H groups in total. The highest BCUT2D eigenvalue weighted by Crippen LogP contribution is 1.96. The van der Waals surface area contributed by atoms with Gasteiger partial charge in [-0.3, -0.25) is 0 Å². The van der Waals surface area contributed by atoms with Crippen molar-refractivity contribution in [1.82, 2.24) is 4.90 Å². The first kappa shape index (κ1) is 8.43. The molecule has 0 bridgehead atoms. The summed E-state index contributed by atoms with van der Waals surface area (Å²) in [4.78, 5) is 11.8. The maximum atomic E-state index is 9.98. The van der Waals surface area contributed by atoms with Gasteiger partial charge in [0.15, 0.2) is 0 Å². The Morgan fingerprint density at radius 2 is 2.00 bits per heavy atom. The summed E-state index contributed by atoms with van der Waals surface area (Å²) in [6, 6.07) is 0.0648. The Labute approximate surface area is 55.3 Å². The lowest BCUT2D eigenvalue weighted by molar-refractivity contribution is -0.144. The summed E-state index contributed by atoms with van der Waals surface area (Å²) in [5.41, 5.74) is 0. The molecular weight excluding hydrogens is 118 g/mol. The maximum Gasteiger partial charge on any atom is 0.357 e. The molecule has 0 saturated heterocycles. The molecule has 1 radical (unpaired) electrons. The first-order valence-electron chi connectivity index (χ1n) is 2.90. The second-order valence-corrected chi connectivity index (χ2v) is 2.39. The minimum atomic E-state index is -0.990. The van der Waals surface area contributed by atoms with Gasteiger partial charge in [0.1, 0.15) is 0 Å². The number of carbonyl (C=O) groups is 1. The summed E-state index contributed by atoms with van der Waals surface area (Å²) in [6.07, 6.45) is 0.104. The second-order valence-electron chi connectivity index (χ2n) is 2.39. The van der Waals surface area contributed by atoms with E-state index in [1.807, 2.05) is 25.9 Å². The number of hydrogen-bond acceptors (Lipinski definition) is 2. The highest BCUT2D eigenvalue weighted by atomic mass is 16.4. The van der Waals surface area contributed by atoms with Gasteiger partial charge in [-0.1, -0.05) is 0 Å². The highest BCUT2D eigenvalue weighted by molar-refractivity contribution is 5.66. The fraction of sp³-hybridized carbons (Fsp3) is 0.833. The van der Waals surface area contributed by atoms with Gasteiger partial charge in [-0.2, -0.15) is 0 Å². The van der Waals surface area contributed by atoms with Crippen molar-refractivity contribution in [3.8, 4) is 0 Å². The average Bonchev–Trinajstić information content (AvgIpc) is 1.63. The van der Waals surface area contributed by atoms with Crippen LogP contribution in [0.3, 0.4) is 0 Å². The van der Waals surface area contributed by atoms with Gasteiger partial charge in [-0.05, 0) is 21.0 Å². The fourth-order valence-electron chi connectivity index (χ4n) is 0.424. The molecule has 9 heavy (non-hydrogen) atoms. The topological polar surface area (TPSA) is 40.2 Å². The van der Waals surface area contributed by atoms with E-state index >= 15 is 0 Å². The Balaban J connectivity index is 3.50. The van der Waals surface area contributed by atoms with Crippen LogP contribution in [0.2, 0.25) is 0 Å². The van der Waals surface area contributed by atoms with Crippen LogP contribution in [0.5, 0.6) is 0 Å². The molecule has 0 aromatic heterocycles. The number of rotatable bonds is 3. The zero-order valence-electron chi connectivity index (χ0n) is 6.05. The van der Waals surface area contributed by atoms with Crippen LogP contribution in [0.25, 0.3) is 0 Å². The van der Waals surface area contributed by atoms with Crippen molar-refractivity contribution >= 4 is 5.97 Å². The third-order valence-corrected chi connectivity index (χ3v) is 1.34. The number of hydrogen-bond donors (Lipinski definition) is 0. The largest absolute Gasteiger partial charge is 0.357 e. The first-order chi connectivity index (χ1) is 4.04. The van der Waals surface area contributed by atoms with Crippen molar-refractivity contribution in [2.75, 3.05) is 14.1 Å². The number of nitrogens with zero attached hydrogens (tertiary/aromatic N) is 1. The molecule has 0 aromatic rings. The smallest absolute Gasteiger partial charge is 0.306 e. The van der Waals surface area contributed by atoms with Gasteiger partial charge in [-0.15, -0.1) is 0 Å². The van der Waals surface area contributed by atoms with Gasteiger partial charge in [0.2, 0.25) is 0 Å². The fourth-order valence-corrected chi connectivity index (χ4v) is 0.424. The Morgan fingerprint density at radius 3 is 2.11 bits per heavy atom. The lowest BCUT2D eigenvalue weighted by Crippen LogP contribution is -2.26. The first-order valence-corrected chi connectivity index (χ1v) is 2.90. The van der Waals surface area contributed by atoms with E-state index in [1.54, 1.807) is 0 Å². The third-order valence-electron chi connectivity index (χ3n) is 1.34. The molecule has 0 heterocycles. The molecule has 0 fully saturated rings. The van der Waals surface area contributed by atoms with Crippen LogP contribution >= 0.6 is 0 Å². The van der Waals surface area contributed by atoms with Gasteiger partial charge in [-0.25, -0.2) is 9.90 Å². The highest BCUT2D eigenvalue weighted by Gasteiger charge is 2.09. The van der Waals surface area contributed by atoms with Crippen LogP contribution in [0.15, 0.2) is 0 Å². The molecular formula is C6H12NO2. The van der Waals surface area contributed by atoms with E-state index in [0.29, 0.717) is 0 Å². The zero-order valence-corrected chi connectivity index (χ0v) is 6.05. The SMILES string of the molecule is CC(CC([O])=O)N(C)C. The molecule has 0 aliphatic carbocycles. The van der Waals surface area contributed by atoms with Crippen LogP contribution in [0.4, 0.5) is 0 Å². The van der Waals surface area contributed by atoms with Gasteiger partial charge in [0.25, 0.3) is 0 Å². The summed E-state index contributed by atoms with van der Waals surface area (Å²) in [6.45, 7) is 1.84. The molecule has 53 valence electrons. The molecule has 0 aliphatic heterocycles. The molecule has 1 atom stereocenters. The Bertz CT molecular complexity index is 101. The zero-order chi connectivity index (χ0) is 7.44. The summed E-state index contributed by atoms with van der Waals surface area (Å²) in [5.74, 6) is -0.990. The van der Waals surface area contributed by atoms with Crippen LogP contribution in [0, 0.1) is 0 Å². The second kappa shape index (κ2) is 3.45. The quantitative estimate of drug-likeness (QED) is 0.550. The number of carbonyl (C=O) groups excluding carboxylic acids is 1. The van der Waals surface area contributed by atoms with Gasteiger partial charge in [0.05, 0.1) is 6.42 Å². The van der Waals surface area contributed by atoms with E-state index in [1.165, 1.54) is 0 Å². The minimum absolute atomic E-state index is 0.0648. The van der Waals surface area contributed by atoms with E-state index in [9.17, 15) is 9.90 Å². The summed E-state index contributed by atoms with van der Waals surface area (Å²) in [5, 5.41) is 9.98. The van der Waals surface area contributed by atoms with Gasteiger partial charge < -0.3 is 4.90 Å². The normalized spacial score (nSPS) is 13.8. The average molecular weight is 130 g/mol. The van der Waals surface area contributed by atoms with E-state index in [0.717, 1.165) is 0 Å². The monoisotopic (exact) mass is 130 g/mol. The van der Waals surface area contributed by atoms with E-state index in [2.05, 4.69) is 0 Å². The lowest BCUT2D eigenvalue weighted by atomic mass is 10.2. The molecule has 1 unspecified atom stereocenters. The molecule has 3 nitrogen and oxygen atoms in total. The molecule has 0 rings (SSSR count). The van der Waals surface area contributed by atoms with Crippen LogP contribution in [-0.2, 0) is 9.90 Å². The van der Waals surface area contributed by atoms with Crippen molar-refractivity contribution in [1.29, 1.82) is 0 Å². The molecule has 0 aromatic carbocycles. The van der Waals surface area contributed by atoms with E-state index in [-0.39, 0.29) is 12.5 Å². The van der Waals surface area contributed by atoms with E-state index in [4.69, 9.17) is 0 Å². The molecule has 3 heteroatoms. The Morgan fingerprint density at radius 1 is 1.56 bits per heavy atom. The molecule has 0 amide bonds. The van der Waals surface area contributed by atoms with Crippen LogP contribution in [0.1, 0.15) is 13.3 Å². The van der Waals surface area contributed by atoms with Gasteiger partial charge in [0, 0.05) is 6.04 Å². The van der Waals surface area contributed by atoms with Crippen molar-refractivity contribution in [2.45, 2.75) is 19.4 Å². The Hall–Kier alpha value is -0.570. The van der Waals surface area contributed by atoms with Crippen molar-refractivity contribution in [2.24, 2.45) is 0 Å². The standard InChI is InChI=1S/C6H12NO2/c1-5(7(2)3)4-6(8)9/h5H,4H2,1-3H3. The minimum Gasteiger partial charge on any atom is -0.306 e. The van der Waals surface area contributed by atoms with Gasteiger partial charge >= 0.3 is 5.97 Å². The van der Waals surface area contributed by atoms with Crippen molar-refractivity contribution in [3.63, 3.8) is 0 Å². The van der Waals surface area contributed by atoms with Crippen molar-refractivity contribution < 1.29 is 9.90 Å². The molecule has 0 spiro atoms. The summed E-state index contributed by atoms with van der Waals surface area (Å²) < 4.78 is 0. The van der Waals surface area contributed by atoms with Crippen LogP contribution < -0.4 is 0 Å². The lowest BCUT2D eigenvalue weighted by Gasteiger charge is -2.16. The maximum absolute atomic E-state index is 9.98. The molecule has 0 aliphatic rings.